The molecule has 1 amide bonds. The third-order valence-electron chi connectivity index (χ3n) is 2.76. The molecule has 0 saturated carbocycles. The van der Waals surface area contributed by atoms with E-state index in [1.807, 2.05) is 25.2 Å². The predicted octanol–water partition coefficient (Wildman–Crippen LogP) is 0.552. The quantitative estimate of drug-likeness (QED) is 0.804. The highest BCUT2D eigenvalue weighted by Crippen LogP contribution is 2.17. The van der Waals surface area contributed by atoms with Crippen LogP contribution in [0, 0.1) is 0 Å². The molecule has 0 fully saturated rings. The number of hydrogen-bond donors (Lipinski definition) is 2. The van der Waals surface area contributed by atoms with E-state index >= 15 is 0 Å². The van der Waals surface area contributed by atoms with Crippen molar-refractivity contribution >= 4 is 11.6 Å². The highest BCUT2D eigenvalue weighted by molar-refractivity contribution is 5.77. The van der Waals surface area contributed by atoms with Crippen LogP contribution in [0.1, 0.15) is 5.69 Å². The largest absolute Gasteiger partial charge is 0.484 e. The van der Waals surface area contributed by atoms with Crippen LogP contribution in [0.4, 0.5) is 5.69 Å². The monoisotopic (exact) mass is 275 g/mol. The van der Waals surface area contributed by atoms with E-state index < -0.39 is 0 Å². The number of rotatable bonds is 6. The molecule has 0 atom stereocenters. The first-order chi connectivity index (χ1) is 9.69. The number of anilines is 1. The number of benzene rings is 1. The Balaban J connectivity index is 1.92. The first-order valence-corrected chi connectivity index (χ1v) is 6.20. The first-order valence-electron chi connectivity index (χ1n) is 6.20. The molecule has 2 aromatic rings. The molecular formula is C13H17N5O2. The Kier molecular flexibility index (Phi) is 4.54. The number of ether oxygens (including phenoxy) is 1. The van der Waals surface area contributed by atoms with Gasteiger partial charge in [-0.2, -0.15) is 0 Å². The smallest absolute Gasteiger partial charge is 0.257 e. The fourth-order valence-corrected chi connectivity index (χ4v) is 1.58. The van der Waals surface area contributed by atoms with Gasteiger partial charge >= 0.3 is 0 Å². The predicted molar refractivity (Wildman–Crippen MR) is 74.3 cm³/mol. The topological polar surface area (TPSA) is 81.1 Å². The van der Waals surface area contributed by atoms with E-state index in [4.69, 9.17) is 4.74 Å². The first kappa shape index (κ1) is 13.9. The van der Waals surface area contributed by atoms with E-state index in [0.717, 1.165) is 11.4 Å². The Hall–Kier alpha value is -2.57. The molecule has 1 heterocycles. The van der Waals surface area contributed by atoms with E-state index in [2.05, 4.69) is 20.9 Å². The molecule has 106 valence electrons. The number of nitrogens with zero attached hydrogens (tertiary/aromatic N) is 3. The van der Waals surface area contributed by atoms with Gasteiger partial charge in [0.1, 0.15) is 5.75 Å². The number of aryl methyl sites for hydroxylation is 1. The lowest BCUT2D eigenvalue weighted by Gasteiger charge is -2.09. The van der Waals surface area contributed by atoms with Gasteiger partial charge in [-0.05, 0) is 12.1 Å². The van der Waals surface area contributed by atoms with Gasteiger partial charge in [0.05, 0.1) is 18.4 Å². The fraction of sp³-hybridized carbons (Fsp3) is 0.308. The zero-order chi connectivity index (χ0) is 14.4. The second-order valence-electron chi connectivity index (χ2n) is 4.19. The zero-order valence-electron chi connectivity index (χ0n) is 11.5. The average Bonchev–Trinajstić information content (AvgIpc) is 2.88. The van der Waals surface area contributed by atoms with Crippen LogP contribution in [0.2, 0.25) is 0 Å². The van der Waals surface area contributed by atoms with Gasteiger partial charge in [-0.3, -0.25) is 9.48 Å². The van der Waals surface area contributed by atoms with Gasteiger partial charge in [-0.1, -0.05) is 11.3 Å². The lowest BCUT2D eigenvalue weighted by Crippen LogP contribution is -2.24. The molecule has 2 N–H and O–H groups in total. The lowest BCUT2D eigenvalue weighted by atomic mass is 10.3. The Labute approximate surface area is 116 Å². The van der Waals surface area contributed by atoms with E-state index in [1.54, 1.807) is 24.0 Å². The Morgan fingerprint density at radius 2 is 2.30 bits per heavy atom. The van der Waals surface area contributed by atoms with E-state index in [-0.39, 0.29) is 12.5 Å². The van der Waals surface area contributed by atoms with Crippen molar-refractivity contribution in [2.45, 2.75) is 6.54 Å². The Morgan fingerprint density at radius 1 is 1.45 bits per heavy atom. The zero-order valence-corrected chi connectivity index (χ0v) is 11.5. The second kappa shape index (κ2) is 6.55. The molecule has 1 aromatic heterocycles. The van der Waals surface area contributed by atoms with Crippen LogP contribution in [-0.2, 0) is 18.4 Å². The number of nitrogens with one attached hydrogen (secondary N) is 2. The minimum absolute atomic E-state index is 0.00556. The Morgan fingerprint density at radius 3 is 3.00 bits per heavy atom. The molecule has 7 nitrogen and oxygen atoms in total. The Bertz CT molecular complexity index is 582. The van der Waals surface area contributed by atoms with Gasteiger partial charge in [0, 0.05) is 25.8 Å². The molecule has 0 bridgehead atoms. The molecule has 1 aromatic carbocycles. The van der Waals surface area contributed by atoms with Crippen LogP contribution in [0.15, 0.2) is 30.5 Å². The van der Waals surface area contributed by atoms with Crippen LogP contribution in [-0.4, -0.2) is 34.6 Å². The van der Waals surface area contributed by atoms with Crippen LogP contribution >= 0.6 is 0 Å². The summed E-state index contributed by atoms with van der Waals surface area (Å²) in [6, 6.07) is 7.44. The number of aromatic nitrogens is 3. The summed E-state index contributed by atoms with van der Waals surface area (Å²) in [6.45, 7) is 0.619. The molecule has 0 aliphatic rings. The number of amides is 1. The highest BCUT2D eigenvalue weighted by Gasteiger charge is 2.02. The van der Waals surface area contributed by atoms with Crippen molar-refractivity contribution in [3.8, 4) is 5.75 Å². The van der Waals surface area contributed by atoms with Crippen LogP contribution in [0.25, 0.3) is 0 Å². The van der Waals surface area contributed by atoms with E-state index in [9.17, 15) is 4.79 Å². The van der Waals surface area contributed by atoms with E-state index in [0.29, 0.717) is 12.3 Å². The summed E-state index contributed by atoms with van der Waals surface area (Å²) in [5.74, 6) is 0.478. The molecule has 0 radical (unpaired) electrons. The third kappa shape index (κ3) is 3.71. The molecule has 0 aliphatic heterocycles. The minimum Gasteiger partial charge on any atom is -0.484 e. The molecule has 0 saturated heterocycles. The normalized spacial score (nSPS) is 10.1. The number of carbonyl (C=O) groups is 1. The summed E-state index contributed by atoms with van der Waals surface area (Å²) < 4.78 is 7.09. The molecule has 0 unspecified atom stereocenters. The van der Waals surface area contributed by atoms with Crippen molar-refractivity contribution in [3.05, 3.63) is 36.2 Å². The van der Waals surface area contributed by atoms with Crippen molar-refractivity contribution in [2.75, 3.05) is 19.0 Å². The van der Waals surface area contributed by atoms with Gasteiger partial charge in [0.25, 0.3) is 5.91 Å². The van der Waals surface area contributed by atoms with Crippen molar-refractivity contribution in [1.82, 2.24) is 20.3 Å². The maximum Gasteiger partial charge on any atom is 0.257 e. The third-order valence-corrected chi connectivity index (χ3v) is 2.76. The van der Waals surface area contributed by atoms with Gasteiger partial charge in [-0.15, -0.1) is 5.10 Å². The van der Waals surface area contributed by atoms with Gasteiger partial charge in [0.15, 0.2) is 6.61 Å². The summed E-state index contributed by atoms with van der Waals surface area (Å²) in [5.41, 5.74) is 1.88. The van der Waals surface area contributed by atoms with Crippen LogP contribution < -0.4 is 15.4 Å². The molecular weight excluding hydrogens is 258 g/mol. The van der Waals surface area contributed by atoms with Crippen molar-refractivity contribution in [1.29, 1.82) is 0 Å². The van der Waals surface area contributed by atoms with E-state index in [1.165, 1.54) is 0 Å². The molecule has 2 rings (SSSR count). The number of carbonyl (C=O) groups excluding carboxylic acids is 1. The standard InChI is InChI=1S/C13H17N5O2/c1-14-13(19)9-20-12-5-3-4-10(6-12)15-7-11-8-16-17-18(11)2/h3-6,8,15H,7,9H2,1-2H3,(H,14,19). The molecule has 20 heavy (non-hydrogen) atoms. The second-order valence-corrected chi connectivity index (χ2v) is 4.19. The SMILES string of the molecule is CNC(=O)COc1cccc(NCc2cnnn2C)c1. The van der Waals surface area contributed by atoms with Gasteiger partial charge < -0.3 is 15.4 Å². The highest BCUT2D eigenvalue weighted by atomic mass is 16.5. The summed E-state index contributed by atoms with van der Waals surface area (Å²) in [6.07, 6.45) is 1.71. The van der Waals surface area contributed by atoms with Crippen LogP contribution in [0.5, 0.6) is 5.75 Å². The molecule has 0 aliphatic carbocycles. The van der Waals surface area contributed by atoms with Crippen molar-refractivity contribution < 1.29 is 9.53 Å². The van der Waals surface area contributed by atoms with Crippen molar-refractivity contribution in [3.63, 3.8) is 0 Å². The maximum absolute atomic E-state index is 11.1. The fourth-order valence-electron chi connectivity index (χ4n) is 1.58. The summed E-state index contributed by atoms with van der Waals surface area (Å²) >= 11 is 0. The maximum atomic E-state index is 11.1. The minimum atomic E-state index is -0.163. The number of hydrogen-bond acceptors (Lipinski definition) is 5. The molecule has 0 spiro atoms. The molecule has 7 heteroatoms. The summed E-state index contributed by atoms with van der Waals surface area (Å²) in [5, 5.41) is 13.4. The number of likely N-dealkylation sites (N-methyl/N-ethyl adjacent to an activating group) is 1. The average molecular weight is 275 g/mol. The van der Waals surface area contributed by atoms with Gasteiger partial charge in [0.2, 0.25) is 0 Å². The van der Waals surface area contributed by atoms with Crippen LogP contribution in [0.3, 0.4) is 0 Å². The lowest BCUT2D eigenvalue weighted by molar-refractivity contribution is -0.122. The van der Waals surface area contributed by atoms with Crippen molar-refractivity contribution in [2.24, 2.45) is 7.05 Å². The summed E-state index contributed by atoms with van der Waals surface area (Å²) in [4.78, 5) is 11.1. The summed E-state index contributed by atoms with van der Waals surface area (Å²) in [7, 11) is 3.42. The van der Waals surface area contributed by atoms with Gasteiger partial charge in [-0.25, -0.2) is 0 Å².